The van der Waals surface area contributed by atoms with Crippen LogP contribution in [0.5, 0.6) is 0 Å². The highest BCUT2D eigenvalue weighted by molar-refractivity contribution is 6.00. The summed E-state index contributed by atoms with van der Waals surface area (Å²) in [5.74, 6) is 0.941. The lowest BCUT2D eigenvalue weighted by molar-refractivity contribution is 0.0371. The number of ether oxygens (including phenoxy) is 1. The van der Waals surface area contributed by atoms with E-state index in [-0.39, 0.29) is 5.78 Å². The molecule has 1 aromatic carbocycles. The lowest BCUT2D eigenvalue weighted by Gasteiger charge is -2.26. The van der Waals surface area contributed by atoms with Gasteiger partial charge in [-0.1, -0.05) is 0 Å². The van der Waals surface area contributed by atoms with E-state index >= 15 is 0 Å². The number of carbonyl (C=O) groups excluding carboxylic acids is 1. The number of ketones is 1. The minimum Gasteiger partial charge on any atom is -0.379 e. The van der Waals surface area contributed by atoms with Crippen molar-refractivity contribution in [3.63, 3.8) is 0 Å². The van der Waals surface area contributed by atoms with Crippen molar-refractivity contribution in [3.8, 4) is 0 Å². The van der Waals surface area contributed by atoms with E-state index in [0.29, 0.717) is 12.3 Å². The number of benzene rings is 1. The fourth-order valence-electron chi connectivity index (χ4n) is 4.37. The number of nitrogens with zero attached hydrogens (tertiary/aromatic N) is 3. The molecule has 0 amide bonds. The summed E-state index contributed by atoms with van der Waals surface area (Å²) in [6, 6.07) is 4.12. The molecule has 28 heavy (non-hydrogen) atoms. The fraction of sp³-hybridized carbons (Fsp3) is 0.636. The second-order valence-corrected chi connectivity index (χ2v) is 8.25. The van der Waals surface area contributed by atoms with Gasteiger partial charge in [0.15, 0.2) is 5.78 Å². The van der Waals surface area contributed by atoms with Crippen molar-refractivity contribution in [1.29, 1.82) is 0 Å². The Morgan fingerprint density at radius 2 is 2.04 bits per heavy atom. The van der Waals surface area contributed by atoms with Gasteiger partial charge in [0.25, 0.3) is 0 Å². The number of hydrogen-bond donors (Lipinski definition) is 1. The largest absolute Gasteiger partial charge is 0.379 e. The number of piperidine rings is 1. The summed E-state index contributed by atoms with van der Waals surface area (Å²) in [6.45, 7) is 9.77. The number of rotatable bonds is 7. The van der Waals surface area contributed by atoms with Crippen LogP contribution in [0.15, 0.2) is 18.3 Å². The summed E-state index contributed by atoms with van der Waals surface area (Å²) in [6.07, 6.45) is 6.05. The predicted molar refractivity (Wildman–Crippen MR) is 111 cm³/mol. The third-order valence-corrected chi connectivity index (χ3v) is 6.08. The van der Waals surface area contributed by atoms with Crippen LogP contribution < -0.4 is 5.32 Å². The number of fused-ring (bicyclic) bond motifs is 1. The van der Waals surface area contributed by atoms with Crippen LogP contribution in [0.3, 0.4) is 0 Å². The standard InChI is InChI=1S/C22H32N4O2/c1-17-13-21-19(16-26(24-21)15-18-4-6-23-7-5-18)14-20(17)22(27)3-2-8-25-9-11-28-12-10-25/h13-14,16,18,23H,2-12,15H2,1H3. The molecule has 152 valence electrons. The first-order valence-electron chi connectivity index (χ1n) is 10.7. The molecule has 0 radical (unpaired) electrons. The van der Waals surface area contributed by atoms with Crippen molar-refractivity contribution in [2.24, 2.45) is 5.92 Å². The summed E-state index contributed by atoms with van der Waals surface area (Å²) in [5.41, 5.74) is 2.89. The van der Waals surface area contributed by atoms with E-state index in [1.807, 2.05) is 13.0 Å². The monoisotopic (exact) mass is 384 g/mol. The number of carbonyl (C=O) groups is 1. The van der Waals surface area contributed by atoms with Crippen LogP contribution in [0.25, 0.3) is 10.9 Å². The Balaban J connectivity index is 1.38. The van der Waals surface area contributed by atoms with Gasteiger partial charge >= 0.3 is 0 Å². The maximum absolute atomic E-state index is 12.8. The molecular formula is C22H32N4O2. The summed E-state index contributed by atoms with van der Waals surface area (Å²) in [5, 5.41) is 9.25. The number of hydrogen-bond acceptors (Lipinski definition) is 5. The number of Topliss-reactive ketones (excluding diaryl/α,β-unsaturated/α-hetero) is 1. The zero-order chi connectivity index (χ0) is 19.3. The van der Waals surface area contributed by atoms with E-state index in [2.05, 4.69) is 27.2 Å². The fourth-order valence-corrected chi connectivity index (χ4v) is 4.37. The number of nitrogens with one attached hydrogen (secondary N) is 1. The molecule has 1 aromatic heterocycles. The Labute approximate surface area is 167 Å². The molecular weight excluding hydrogens is 352 g/mol. The van der Waals surface area contributed by atoms with E-state index in [0.717, 1.165) is 80.9 Å². The van der Waals surface area contributed by atoms with E-state index in [1.165, 1.54) is 12.8 Å². The first-order chi connectivity index (χ1) is 13.7. The van der Waals surface area contributed by atoms with Gasteiger partial charge in [0, 0.05) is 43.2 Å². The van der Waals surface area contributed by atoms with Gasteiger partial charge in [-0.3, -0.25) is 14.4 Å². The molecule has 3 heterocycles. The number of morpholine rings is 1. The van der Waals surface area contributed by atoms with Crippen LogP contribution >= 0.6 is 0 Å². The van der Waals surface area contributed by atoms with Crippen LogP contribution in [0.4, 0.5) is 0 Å². The molecule has 6 nitrogen and oxygen atoms in total. The van der Waals surface area contributed by atoms with Crippen LogP contribution in [0, 0.1) is 12.8 Å². The van der Waals surface area contributed by atoms with Crippen molar-refractivity contribution in [2.75, 3.05) is 45.9 Å². The average Bonchev–Trinajstić information content (AvgIpc) is 3.09. The Hall–Kier alpha value is -1.76. The van der Waals surface area contributed by atoms with Gasteiger partial charge in [-0.15, -0.1) is 0 Å². The quantitative estimate of drug-likeness (QED) is 0.744. The molecule has 0 spiro atoms. The van der Waals surface area contributed by atoms with E-state index in [4.69, 9.17) is 9.84 Å². The van der Waals surface area contributed by atoms with Gasteiger partial charge in [-0.25, -0.2) is 0 Å². The smallest absolute Gasteiger partial charge is 0.163 e. The predicted octanol–water partition coefficient (Wildman–Crippen LogP) is 2.64. The van der Waals surface area contributed by atoms with Crippen molar-refractivity contribution < 1.29 is 9.53 Å². The van der Waals surface area contributed by atoms with Crippen molar-refractivity contribution >= 4 is 16.7 Å². The lowest BCUT2D eigenvalue weighted by atomic mass is 9.98. The summed E-state index contributed by atoms with van der Waals surface area (Å²) in [4.78, 5) is 15.2. The third-order valence-electron chi connectivity index (χ3n) is 6.08. The van der Waals surface area contributed by atoms with E-state index < -0.39 is 0 Å². The normalized spacial score (nSPS) is 19.3. The third kappa shape index (κ3) is 4.80. The Morgan fingerprint density at radius 3 is 2.82 bits per heavy atom. The molecule has 0 atom stereocenters. The molecule has 2 fully saturated rings. The SMILES string of the molecule is Cc1cc2nn(CC3CCNCC3)cc2cc1C(=O)CCCN1CCOCC1. The van der Waals surface area contributed by atoms with Gasteiger partial charge in [0.2, 0.25) is 0 Å². The van der Waals surface area contributed by atoms with E-state index in [1.54, 1.807) is 0 Å². The van der Waals surface area contributed by atoms with Crippen LogP contribution in [0.1, 0.15) is 41.6 Å². The highest BCUT2D eigenvalue weighted by Gasteiger charge is 2.17. The van der Waals surface area contributed by atoms with Gasteiger partial charge in [0.1, 0.15) is 0 Å². The van der Waals surface area contributed by atoms with Crippen molar-refractivity contribution in [1.82, 2.24) is 20.0 Å². The molecule has 0 unspecified atom stereocenters. The first-order valence-corrected chi connectivity index (χ1v) is 10.7. The molecule has 1 N–H and O–H groups in total. The molecule has 4 rings (SSSR count). The van der Waals surface area contributed by atoms with Crippen molar-refractivity contribution in [3.05, 3.63) is 29.5 Å². The summed E-state index contributed by atoms with van der Waals surface area (Å²) >= 11 is 0. The second-order valence-electron chi connectivity index (χ2n) is 8.25. The maximum Gasteiger partial charge on any atom is 0.163 e. The van der Waals surface area contributed by atoms with Crippen LogP contribution in [-0.4, -0.2) is 66.4 Å². The molecule has 0 bridgehead atoms. The molecule has 6 heteroatoms. The Bertz CT molecular complexity index is 804. The van der Waals surface area contributed by atoms with Gasteiger partial charge in [0.05, 0.1) is 18.7 Å². The Kier molecular flexibility index (Phi) is 6.40. The second kappa shape index (κ2) is 9.16. The minimum absolute atomic E-state index is 0.249. The Morgan fingerprint density at radius 1 is 1.25 bits per heavy atom. The van der Waals surface area contributed by atoms with Crippen LogP contribution in [0.2, 0.25) is 0 Å². The van der Waals surface area contributed by atoms with Crippen molar-refractivity contribution in [2.45, 2.75) is 39.2 Å². The molecule has 2 aromatic rings. The maximum atomic E-state index is 12.8. The molecule has 0 aliphatic carbocycles. The lowest BCUT2D eigenvalue weighted by Crippen LogP contribution is -2.36. The van der Waals surface area contributed by atoms with Gasteiger partial charge in [-0.05, 0) is 69.4 Å². The van der Waals surface area contributed by atoms with Gasteiger partial charge in [-0.2, -0.15) is 5.10 Å². The average molecular weight is 385 g/mol. The zero-order valence-electron chi connectivity index (χ0n) is 17.0. The summed E-state index contributed by atoms with van der Waals surface area (Å²) in [7, 11) is 0. The first kappa shape index (κ1) is 19.6. The highest BCUT2D eigenvalue weighted by atomic mass is 16.5. The topological polar surface area (TPSA) is 59.4 Å². The number of aryl methyl sites for hydroxylation is 1. The molecule has 0 saturated carbocycles. The highest BCUT2D eigenvalue weighted by Crippen LogP contribution is 2.22. The summed E-state index contributed by atoms with van der Waals surface area (Å²) < 4.78 is 7.46. The van der Waals surface area contributed by atoms with E-state index in [9.17, 15) is 4.79 Å². The van der Waals surface area contributed by atoms with Gasteiger partial charge < -0.3 is 10.1 Å². The molecule has 2 aliphatic rings. The minimum atomic E-state index is 0.249. The molecule has 2 aliphatic heterocycles. The number of aromatic nitrogens is 2. The zero-order valence-corrected chi connectivity index (χ0v) is 17.0. The molecule has 2 saturated heterocycles. The van der Waals surface area contributed by atoms with Crippen LogP contribution in [-0.2, 0) is 11.3 Å².